The van der Waals surface area contributed by atoms with Crippen molar-refractivity contribution in [3.8, 4) is 28.0 Å². The molecule has 0 radical (unpaired) electrons. The van der Waals surface area contributed by atoms with E-state index in [0.29, 0.717) is 5.56 Å². The zero-order chi connectivity index (χ0) is 18.1. The second-order valence-corrected chi connectivity index (χ2v) is 6.29. The van der Waals surface area contributed by atoms with E-state index in [0.717, 1.165) is 33.4 Å². The van der Waals surface area contributed by atoms with Gasteiger partial charge in [-0.2, -0.15) is 0 Å². The molecule has 4 heteroatoms. The Morgan fingerprint density at radius 3 is 1.80 bits per heavy atom. The standard InChI is InChI=1S/C21H19NO3/c1-13-10-16(20-8-6-18(23)12-14(20)2)4-7-19(13)17-5-9-21(22(24)25)15(3)11-17/h4-12,23H,1-3H3. The Morgan fingerprint density at radius 2 is 1.28 bits per heavy atom. The maximum Gasteiger partial charge on any atom is 0.272 e. The average molecular weight is 333 g/mol. The first kappa shape index (κ1) is 16.7. The van der Waals surface area contributed by atoms with Gasteiger partial charge in [0.25, 0.3) is 5.69 Å². The highest BCUT2D eigenvalue weighted by Gasteiger charge is 2.12. The van der Waals surface area contributed by atoms with Gasteiger partial charge in [0.2, 0.25) is 0 Å². The van der Waals surface area contributed by atoms with Crippen molar-refractivity contribution in [2.75, 3.05) is 0 Å². The molecule has 0 fully saturated rings. The average Bonchev–Trinajstić information content (AvgIpc) is 2.54. The first-order valence-corrected chi connectivity index (χ1v) is 8.03. The molecule has 3 aromatic carbocycles. The van der Waals surface area contributed by atoms with Crippen molar-refractivity contribution >= 4 is 5.69 Å². The van der Waals surface area contributed by atoms with Crippen LogP contribution in [0.25, 0.3) is 22.3 Å². The number of phenols is 1. The molecule has 0 spiro atoms. The summed E-state index contributed by atoms with van der Waals surface area (Å²) in [5, 5.41) is 20.6. The lowest BCUT2D eigenvalue weighted by molar-refractivity contribution is -0.385. The van der Waals surface area contributed by atoms with E-state index in [9.17, 15) is 15.2 Å². The van der Waals surface area contributed by atoms with Crippen molar-refractivity contribution in [3.63, 3.8) is 0 Å². The Morgan fingerprint density at radius 1 is 0.760 bits per heavy atom. The molecule has 1 N–H and O–H groups in total. The molecule has 0 aliphatic carbocycles. The van der Waals surface area contributed by atoms with E-state index >= 15 is 0 Å². The number of nitro benzene ring substituents is 1. The van der Waals surface area contributed by atoms with Crippen LogP contribution in [-0.2, 0) is 0 Å². The smallest absolute Gasteiger partial charge is 0.272 e. The van der Waals surface area contributed by atoms with E-state index in [1.54, 1.807) is 31.2 Å². The second kappa shape index (κ2) is 6.40. The summed E-state index contributed by atoms with van der Waals surface area (Å²) in [7, 11) is 0. The number of aryl methyl sites for hydroxylation is 3. The first-order chi connectivity index (χ1) is 11.9. The Labute approximate surface area is 146 Å². The van der Waals surface area contributed by atoms with Crippen LogP contribution in [0, 0.1) is 30.9 Å². The summed E-state index contributed by atoms with van der Waals surface area (Å²) in [6.07, 6.45) is 0. The zero-order valence-corrected chi connectivity index (χ0v) is 14.4. The first-order valence-electron chi connectivity index (χ1n) is 8.03. The third-order valence-electron chi connectivity index (χ3n) is 4.45. The summed E-state index contributed by atoms with van der Waals surface area (Å²) < 4.78 is 0. The molecule has 0 saturated heterocycles. The van der Waals surface area contributed by atoms with Crippen LogP contribution in [0.2, 0.25) is 0 Å². The van der Waals surface area contributed by atoms with Gasteiger partial charge in [0.15, 0.2) is 0 Å². The highest BCUT2D eigenvalue weighted by atomic mass is 16.6. The van der Waals surface area contributed by atoms with Gasteiger partial charge in [0.05, 0.1) is 4.92 Å². The highest BCUT2D eigenvalue weighted by molar-refractivity contribution is 5.76. The third-order valence-corrected chi connectivity index (χ3v) is 4.45. The van der Waals surface area contributed by atoms with Crippen LogP contribution in [0.4, 0.5) is 5.69 Å². The topological polar surface area (TPSA) is 63.4 Å². The molecular formula is C21H19NO3. The maximum absolute atomic E-state index is 11.0. The Kier molecular flexibility index (Phi) is 4.28. The molecule has 0 heterocycles. The minimum absolute atomic E-state index is 0.137. The zero-order valence-electron chi connectivity index (χ0n) is 14.4. The van der Waals surface area contributed by atoms with Gasteiger partial charge in [-0.15, -0.1) is 0 Å². The van der Waals surface area contributed by atoms with E-state index in [-0.39, 0.29) is 16.4 Å². The van der Waals surface area contributed by atoms with Gasteiger partial charge in [-0.25, -0.2) is 0 Å². The van der Waals surface area contributed by atoms with Gasteiger partial charge in [0, 0.05) is 11.6 Å². The lowest BCUT2D eigenvalue weighted by Crippen LogP contribution is -1.93. The molecule has 0 aromatic heterocycles. The van der Waals surface area contributed by atoms with Crippen molar-refractivity contribution in [2.24, 2.45) is 0 Å². The molecule has 126 valence electrons. The van der Waals surface area contributed by atoms with E-state index in [1.807, 2.05) is 38.1 Å². The predicted octanol–water partition coefficient (Wildman–Crippen LogP) is 5.56. The van der Waals surface area contributed by atoms with Gasteiger partial charge in [-0.1, -0.05) is 24.3 Å². The summed E-state index contributed by atoms with van der Waals surface area (Å²) >= 11 is 0. The molecule has 0 amide bonds. The van der Waals surface area contributed by atoms with Gasteiger partial charge in [-0.3, -0.25) is 10.1 Å². The fraction of sp³-hybridized carbons (Fsp3) is 0.143. The molecule has 3 rings (SSSR count). The van der Waals surface area contributed by atoms with Crippen LogP contribution in [0.5, 0.6) is 5.75 Å². The van der Waals surface area contributed by atoms with E-state index in [4.69, 9.17) is 0 Å². The van der Waals surface area contributed by atoms with Crippen LogP contribution in [0.3, 0.4) is 0 Å². The third kappa shape index (κ3) is 3.24. The lowest BCUT2D eigenvalue weighted by atomic mass is 9.93. The molecule has 3 aromatic rings. The number of phenolic OH excluding ortho intramolecular Hbond substituents is 1. The molecule has 0 saturated carbocycles. The number of hydrogen-bond donors (Lipinski definition) is 1. The van der Waals surface area contributed by atoms with Crippen molar-refractivity contribution in [3.05, 3.63) is 81.4 Å². The highest BCUT2D eigenvalue weighted by Crippen LogP contribution is 2.33. The molecule has 0 atom stereocenters. The van der Waals surface area contributed by atoms with Crippen molar-refractivity contribution in [2.45, 2.75) is 20.8 Å². The van der Waals surface area contributed by atoms with Gasteiger partial charge in [-0.05, 0) is 78.4 Å². The normalized spacial score (nSPS) is 10.7. The number of hydrogen-bond acceptors (Lipinski definition) is 3. The monoisotopic (exact) mass is 333 g/mol. The summed E-state index contributed by atoms with van der Waals surface area (Å²) in [6, 6.07) is 16.7. The summed E-state index contributed by atoms with van der Waals surface area (Å²) in [4.78, 5) is 10.6. The van der Waals surface area contributed by atoms with Crippen LogP contribution >= 0.6 is 0 Å². The Balaban J connectivity index is 2.03. The number of nitrogens with zero attached hydrogens (tertiary/aromatic N) is 1. The van der Waals surface area contributed by atoms with Crippen LogP contribution < -0.4 is 0 Å². The fourth-order valence-corrected chi connectivity index (χ4v) is 3.15. The largest absolute Gasteiger partial charge is 0.508 e. The van der Waals surface area contributed by atoms with Gasteiger partial charge in [0.1, 0.15) is 5.75 Å². The van der Waals surface area contributed by atoms with Crippen LogP contribution in [-0.4, -0.2) is 10.0 Å². The molecule has 0 aliphatic heterocycles. The minimum Gasteiger partial charge on any atom is -0.508 e. The van der Waals surface area contributed by atoms with Crippen molar-refractivity contribution in [1.29, 1.82) is 0 Å². The van der Waals surface area contributed by atoms with E-state index in [1.165, 1.54) is 0 Å². The summed E-state index contributed by atoms with van der Waals surface area (Å²) in [5.74, 6) is 0.260. The SMILES string of the molecule is Cc1cc(O)ccc1-c1ccc(-c2ccc([N+](=O)[O-])c(C)c2)c(C)c1. The Hall–Kier alpha value is -3.14. The van der Waals surface area contributed by atoms with Crippen molar-refractivity contribution < 1.29 is 10.0 Å². The van der Waals surface area contributed by atoms with Crippen LogP contribution in [0.1, 0.15) is 16.7 Å². The molecule has 4 nitrogen and oxygen atoms in total. The number of nitro groups is 1. The second-order valence-electron chi connectivity index (χ2n) is 6.29. The summed E-state index contributed by atoms with van der Waals surface area (Å²) in [5.41, 5.74) is 7.08. The molecule has 25 heavy (non-hydrogen) atoms. The number of benzene rings is 3. The molecule has 0 aliphatic rings. The quantitative estimate of drug-likeness (QED) is 0.504. The predicted molar refractivity (Wildman–Crippen MR) is 99.8 cm³/mol. The van der Waals surface area contributed by atoms with Crippen LogP contribution in [0.15, 0.2) is 54.6 Å². The van der Waals surface area contributed by atoms with E-state index < -0.39 is 0 Å². The number of rotatable bonds is 3. The van der Waals surface area contributed by atoms with Gasteiger partial charge < -0.3 is 5.11 Å². The number of aromatic hydroxyl groups is 1. The molecule has 0 unspecified atom stereocenters. The van der Waals surface area contributed by atoms with E-state index in [2.05, 4.69) is 6.07 Å². The lowest BCUT2D eigenvalue weighted by Gasteiger charge is -2.12. The minimum atomic E-state index is -0.358. The van der Waals surface area contributed by atoms with Crippen molar-refractivity contribution in [1.82, 2.24) is 0 Å². The molecular weight excluding hydrogens is 314 g/mol. The Bertz CT molecular complexity index is 977. The fourth-order valence-electron chi connectivity index (χ4n) is 3.15. The van der Waals surface area contributed by atoms with Gasteiger partial charge >= 0.3 is 0 Å². The molecule has 0 bridgehead atoms. The summed E-state index contributed by atoms with van der Waals surface area (Å²) in [6.45, 7) is 5.76. The maximum atomic E-state index is 11.0.